The summed E-state index contributed by atoms with van der Waals surface area (Å²) in [5, 5.41) is 12.8. The topological polar surface area (TPSA) is 78.4 Å². The van der Waals surface area contributed by atoms with Crippen molar-refractivity contribution in [1.29, 1.82) is 0 Å². The van der Waals surface area contributed by atoms with Gasteiger partial charge < -0.3 is 10.2 Å². The van der Waals surface area contributed by atoms with Crippen LogP contribution in [0.25, 0.3) is 0 Å². The summed E-state index contributed by atoms with van der Waals surface area (Å²) in [6.45, 7) is 2.49. The van der Waals surface area contributed by atoms with Crippen molar-refractivity contribution in [3.8, 4) is 0 Å². The van der Waals surface area contributed by atoms with Gasteiger partial charge in [-0.05, 0) is 37.0 Å². The Labute approximate surface area is 166 Å². The van der Waals surface area contributed by atoms with Crippen LogP contribution in [0, 0.1) is 11.7 Å². The fraction of sp³-hybridized carbons (Fsp3) is 0.474. The summed E-state index contributed by atoms with van der Waals surface area (Å²) in [5.74, 6) is -0.326. The molecule has 148 valence electrons. The Hall–Kier alpha value is -2.55. The maximum absolute atomic E-state index is 13.0. The predicted molar refractivity (Wildman–Crippen MR) is 105 cm³/mol. The number of nitrogens with one attached hydrogen (secondary N) is 1. The second-order valence-electron chi connectivity index (χ2n) is 7.15. The van der Waals surface area contributed by atoms with Gasteiger partial charge in [0.25, 0.3) is 0 Å². The third-order valence-electron chi connectivity index (χ3n) is 5.15. The molecule has 2 saturated heterocycles. The van der Waals surface area contributed by atoms with Crippen LogP contribution in [0.5, 0.6) is 0 Å². The lowest BCUT2D eigenvalue weighted by Crippen LogP contribution is -2.43. The molecule has 28 heavy (non-hydrogen) atoms. The van der Waals surface area contributed by atoms with Gasteiger partial charge in [0.2, 0.25) is 22.1 Å². The molecule has 3 heterocycles. The van der Waals surface area contributed by atoms with E-state index in [-0.39, 0.29) is 23.5 Å². The van der Waals surface area contributed by atoms with Crippen molar-refractivity contribution >= 4 is 33.4 Å². The summed E-state index contributed by atoms with van der Waals surface area (Å²) < 4.78 is 13.0. The first-order chi connectivity index (χ1) is 13.6. The second kappa shape index (κ2) is 8.22. The number of hydrogen-bond donors (Lipinski definition) is 1. The average molecular weight is 403 g/mol. The van der Waals surface area contributed by atoms with E-state index in [4.69, 9.17) is 0 Å². The van der Waals surface area contributed by atoms with Gasteiger partial charge in [-0.1, -0.05) is 23.5 Å². The number of hydrogen-bond acceptors (Lipinski definition) is 6. The molecule has 2 aliphatic rings. The van der Waals surface area contributed by atoms with Crippen LogP contribution in [0.3, 0.4) is 0 Å². The van der Waals surface area contributed by atoms with Gasteiger partial charge in [-0.15, -0.1) is 10.2 Å². The van der Waals surface area contributed by atoms with Crippen LogP contribution < -0.4 is 15.1 Å². The molecule has 0 radical (unpaired) electrons. The molecule has 4 rings (SSSR count). The number of aromatic nitrogens is 2. The molecule has 1 aromatic carbocycles. The number of nitrogens with zero attached hydrogens (tertiary/aromatic N) is 4. The van der Waals surface area contributed by atoms with E-state index >= 15 is 0 Å². The molecule has 0 unspecified atom stereocenters. The van der Waals surface area contributed by atoms with Crippen molar-refractivity contribution < 1.29 is 14.0 Å². The number of rotatable bonds is 5. The molecule has 1 atom stereocenters. The summed E-state index contributed by atoms with van der Waals surface area (Å²) >= 11 is 1.41. The third kappa shape index (κ3) is 4.14. The molecular weight excluding hydrogens is 381 g/mol. The molecule has 2 aliphatic heterocycles. The van der Waals surface area contributed by atoms with E-state index in [1.165, 1.54) is 23.5 Å². The standard InChI is InChI=1S/C19H22FN5O2S/c20-15-7-5-13(6-8-15)11-21-17(27)14-3-1-9-24(12-14)18-22-23-19(28-18)25-10-2-4-16(25)26/h5-8,14H,1-4,9-12H2,(H,21,27)/t14-/m1/s1. The molecule has 2 amide bonds. The highest BCUT2D eigenvalue weighted by Gasteiger charge is 2.29. The van der Waals surface area contributed by atoms with Crippen LogP contribution in [-0.2, 0) is 16.1 Å². The zero-order chi connectivity index (χ0) is 19.5. The van der Waals surface area contributed by atoms with Crippen LogP contribution in [-0.4, -0.2) is 41.6 Å². The largest absolute Gasteiger partial charge is 0.352 e. The highest BCUT2D eigenvalue weighted by Crippen LogP contribution is 2.32. The molecule has 1 aromatic heterocycles. The van der Waals surface area contributed by atoms with Crippen LogP contribution in [0.1, 0.15) is 31.2 Å². The number of carbonyl (C=O) groups excluding carboxylic acids is 2. The first kappa shape index (κ1) is 18.8. The normalized spacial score (nSPS) is 19.9. The zero-order valence-electron chi connectivity index (χ0n) is 15.4. The number of benzene rings is 1. The maximum atomic E-state index is 13.0. The van der Waals surface area contributed by atoms with Gasteiger partial charge in [0.05, 0.1) is 5.92 Å². The Morgan fingerprint density at radius 3 is 2.71 bits per heavy atom. The summed E-state index contributed by atoms with van der Waals surface area (Å²) in [6.07, 6.45) is 3.14. The lowest BCUT2D eigenvalue weighted by molar-refractivity contribution is -0.125. The molecular formula is C19H22FN5O2S. The van der Waals surface area contributed by atoms with Crippen LogP contribution in [0.4, 0.5) is 14.7 Å². The Kier molecular flexibility index (Phi) is 5.52. The monoisotopic (exact) mass is 403 g/mol. The molecule has 0 aliphatic carbocycles. The number of anilines is 2. The molecule has 0 bridgehead atoms. The fourth-order valence-corrected chi connectivity index (χ4v) is 4.52. The predicted octanol–water partition coefficient (Wildman–Crippen LogP) is 2.34. The van der Waals surface area contributed by atoms with Gasteiger partial charge in [0.1, 0.15) is 5.82 Å². The van der Waals surface area contributed by atoms with E-state index in [0.717, 1.165) is 36.5 Å². The first-order valence-electron chi connectivity index (χ1n) is 9.51. The highest BCUT2D eigenvalue weighted by molar-refractivity contribution is 7.19. The first-order valence-corrected chi connectivity index (χ1v) is 10.3. The molecule has 0 saturated carbocycles. The number of amides is 2. The minimum absolute atomic E-state index is 0.00603. The summed E-state index contributed by atoms with van der Waals surface area (Å²) in [4.78, 5) is 28.2. The van der Waals surface area contributed by atoms with E-state index in [9.17, 15) is 14.0 Å². The van der Waals surface area contributed by atoms with Crippen molar-refractivity contribution in [2.24, 2.45) is 5.92 Å². The molecule has 9 heteroatoms. The maximum Gasteiger partial charge on any atom is 0.228 e. The van der Waals surface area contributed by atoms with Gasteiger partial charge in [-0.25, -0.2) is 4.39 Å². The molecule has 1 N–H and O–H groups in total. The van der Waals surface area contributed by atoms with E-state index in [1.807, 2.05) is 0 Å². The molecule has 7 nitrogen and oxygen atoms in total. The minimum Gasteiger partial charge on any atom is -0.352 e. The molecule has 2 aromatic rings. The quantitative estimate of drug-likeness (QED) is 0.829. The van der Waals surface area contributed by atoms with Gasteiger partial charge in [0.15, 0.2) is 0 Å². The van der Waals surface area contributed by atoms with Crippen molar-refractivity contribution in [3.05, 3.63) is 35.6 Å². The highest BCUT2D eigenvalue weighted by atomic mass is 32.1. The number of halogens is 1. The number of carbonyl (C=O) groups is 2. The molecule has 2 fully saturated rings. The van der Waals surface area contributed by atoms with Crippen LogP contribution >= 0.6 is 11.3 Å². The van der Waals surface area contributed by atoms with Crippen molar-refractivity contribution in [2.45, 2.75) is 32.2 Å². The lowest BCUT2D eigenvalue weighted by Gasteiger charge is -2.31. The average Bonchev–Trinajstić information content (AvgIpc) is 3.36. The Balaban J connectivity index is 1.35. The van der Waals surface area contributed by atoms with Crippen LogP contribution in [0.2, 0.25) is 0 Å². The van der Waals surface area contributed by atoms with E-state index in [2.05, 4.69) is 20.4 Å². The fourth-order valence-electron chi connectivity index (χ4n) is 3.60. The summed E-state index contributed by atoms with van der Waals surface area (Å²) in [7, 11) is 0. The summed E-state index contributed by atoms with van der Waals surface area (Å²) in [5.41, 5.74) is 0.867. The van der Waals surface area contributed by atoms with Gasteiger partial charge in [-0.2, -0.15) is 0 Å². The zero-order valence-corrected chi connectivity index (χ0v) is 16.3. The smallest absolute Gasteiger partial charge is 0.228 e. The van der Waals surface area contributed by atoms with Gasteiger partial charge >= 0.3 is 0 Å². The second-order valence-corrected chi connectivity index (χ2v) is 8.08. The lowest BCUT2D eigenvalue weighted by atomic mass is 9.97. The van der Waals surface area contributed by atoms with E-state index < -0.39 is 0 Å². The Morgan fingerprint density at radius 1 is 1.18 bits per heavy atom. The van der Waals surface area contributed by atoms with E-state index in [0.29, 0.717) is 31.2 Å². The Bertz CT molecular complexity index is 856. The SMILES string of the molecule is O=C(NCc1ccc(F)cc1)[C@@H]1CCCN(c2nnc(N3CCCC3=O)s2)C1. The molecule has 0 spiro atoms. The van der Waals surface area contributed by atoms with Crippen molar-refractivity contribution in [1.82, 2.24) is 15.5 Å². The van der Waals surface area contributed by atoms with Crippen LogP contribution in [0.15, 0.2) is 24.3 Å². The Morgan fingerprint density at radius 2 is 1.96 bits per heavy atom. The number of piperidine rings is 1. The van der Waals surface area contributed by atoms with E-state index in [1.54, 1.807) is 17.0 Å². The van der Waals surface area contributed by atoms with Gasteiger partial charge in [-0.3, -0.25) is 14.5 Å². The van der Waals surface area contributed by atoms with Gasteiger partial charge in [0, 0.05) is 32.6 Å². The third-order valence-corrected chi connectivity index (χ3v) is 6.16. The summed E-state index contributed by atoms with van der Waals surface area (Å²) in [6, 6.07) is 6.13. The van der Waals surface area contributed by atoms with Crippen molar-refractivity contribution in [2.75, 3.05) is 29.4 Å². The van der Waals surface area contributed by atoms with Crippen molar-refractivity contribution in [3.63, 3.8) is 0 Å². The minimum atomic E-state index is -0.287.